The first-order valence-electron chi connectivity index (χ1n) is 4.83. The Kier molecular flexibility index (Phi) is 2.00. The van der Waals surface area contributed by atoms with Crippen molar-refractivity contribution in [1.29, 1.82) is 5.26 Å². The summed E-state index contributed by atoms with van der Waals surface area (Å²) in [4.78, 5) is 11.8. The third-order valence-corrected chi connectivity index (χ3v) is 2.77. The first-order chi connectivity index (χ1) is 7.09. The van der Waals surface area contributed by atoms with Crippen molar-refractivity contribution in [3.8, 4) is 6.07 Å². The van der Waals surface area contributed by atoms with Gasteiger partial charge in [0.15, 0.2) is 0 Å². The number of nitriles is 1. The summed E-state index contributed by atoms with van der Waals surface area (Å²) in [6, 6.07) is 2.06. The van der Waals surface area contributed by atoms with Crippen LogP contribution in [0.25, 0.3) is 0 Å². The largest absolute Gasteiger partial charge is 0.322 e. The Labute approximate surface area is 87.5 Å². The molecule has 0 aromatic carbocycles. The van der Waals surface area contributed by atoms with Gasteiger partial charge in [0.25, 0.3) is 0 Å². The topological polar surface area (TPSA) is 81.6 Å². The van der Waals surface area contributed by atoms with Crippen LogP contribution in [0, 0.1) is 30.6 Å². The van der Waals surface area contributed by atoms with E-state index in [1.807, 2.05) is 13.8 Å². The molecule has 1 amide bonds. The van der Waals surface area contributed by atoms with E-state index >= 15 is 0 Å². The Morgan fingerprint density at radius 2 is 2.27 bits per heavy atom. The second kappa shape index (κ2) is 3.09. The predicted octanol–water partition coefficient (Wildman–Crippen LogP) is 1.27. The summed E-state index contributed by atoms with van der Waals surface area (Å²) < 4.78 is 0. The van der Waals surface area contributed by atoms with Crippen LogP contribution in [-0.2, 0) is 4.79 Å². The van der Waals surface area contributed by atoms with Crippen molar-refractivity contribution in [1.82, 2.24) is 10.2 Å². The molecule has 0 saturated heterocycles. The Morgan fingerprint density at radius 3 is 2.67 bits per heavy atom. The van der Waals surface area contributed by atoms with Crippen molar-refractivity contribution in [2.75, 3.05) is 5.32 Å². The molecule has 1 fully saturated rings. The zero-order valence-electron chi connectivity index (χ0n) is 8.72. The number of carbonyl (C=O) groups excluding carboxylic acids is 1. The maximum absolute atomic E-state index is 11.8. The van der Waals surface area contributed by atoms with Crippen LogP contribution in [0.1, 0.15) is 24.2 Å². The van der Waals surface area contributed by atoms with Gasteiger partial charge < -0.3 is 5.32 Å². The molecule has 0 aliphatic heterocycles. The third-order valence-electron chi connectivity index (χ3n) is 2.77. The Hall–Kier alpha value is -1.83. The highest BCUT2D eigenvalue weighted by Crippen LogP contribution is 2.45. The standard InChI is InChI=1S/C10H12N4O/c1-6-8(7(2)14-13-6)12-9(15)10(5-11)3-4-10/h3-4H2,1-2H3,(H,12,15)(H,13,14). The molecule has 5 heteroatoms. The van der Waals surface area contributed by atoms with Gasteiger partial charge in [-0.3, -0.25) is 9.89 Å². The number of hydrogen-bond acceptors (Lipinski definition) is 3. The fourth-order valence-corrected chi connectivity index (χ4v) is 1.48. The summed E-state index contributed by atoms with van der Waals surface area (Å²) in [6.07, 6.45) is 1.32. The van der Waals surface area contributed by atoms with Gasteiger partial charge in [0, 0.05) is 0 Å². The minimum atomic E-state index is -0.782. The fraction of sp³-hybridized carbons (Fsp3) is 0.500. The van der Waals surface area contributed by atoms with Crippen LogP contribution in [0.2, 0.25) is 0 Å². The monoisotopic (exact) mass is 204 g/mol. The van der Waals surface area contributed by atoms with E-state index in [0.29, 0.717) is 18.5 Å². The summed E-state index contributed by atoms with van der Waals surface area (Å²) in [7, 11) is 0. The molecule has 0 spiro atoms. The molecule has 0 unspecified atom stereocenters. The van der Waals surface area contributed by atoms with Crippen molar-refractivity contribution in [2.45, 2.75) is 26.7 Å². The van der Waals surface area contributed by atoms with Crippen molar-refractivity contribution in [2.24, 2.45) is 5.41 Å². The maximum atomic E-state index is 11.8. The number of aromatic amines is 1. The van der Waals surface area contributed by atoms with Crippen molar-refractivity contribution in [3.05, 3.63) is 11.4 Å². The molecule has 15 heavy (non-hydrogen) atoms. The van der Waals surface area contributed by atoms with Crippen LogP contribution in [0.5, 0.6) is 0 Å². The van der Waals surface area contributed by atoms with Gasteiger partial charge in [0.1, 0.15) is 5.41 Å². The minimum absolute atomic E-state index is 0.211. The average Bonchev–Trinajstić information content (AvgIpc) is 2.97. The molecule has 0 bridgehead atoms. The highest BCUT2D eigenvalue weighted by molar-refractivity contribution is 5.99. The molecule has 0 atom stereocenters. The molecule has 78 valence electrons. The van der Waals surface area contributed by atoms with E-state index in [4.69, 9.17) is 5.26 Å². The number of H-pyrrole nitrogens is 1. The van der Waals surface area contributed by atoms with E-state index in [9.17, 15) is 4.79 Å². The highest BCUT2D eigenvalue weighted by Gasteiger charge is 2.50. The first kappa shape index (κ1) is 9.71. The molecule has 1 aliphatic carbocycles. The lowest BCUT2D eigenvalue weighted by atomic mass is 10.1. The van der Waals surface area contributed by atoms with E-state index in [0.717, 1.165) is 11.4 Å². The number of nitrogens with one attached hydrogen (secondary N) is 2. The lowest BCUT2D eigenvalue weighted by Gasteiger charge is -2.07. The van der Waals surface area contributed by atoms with Crippen LogP contribution < -0.4 is 5.32 Å². The SMILES string of the molecule is Cc1n[nH]c(C)c1NC(=O)C1(C#N)CC1. The van der Waals surface area contributed by atoms with E-state index < -0.39 is 5.41 Å². The van der Waals surface area contributed by atoms with Gasteiger partial charge in [-0.2, -0.15) is 10.4 Å². The van der Waals surface area contributed by atoms with Crippen LogP contribution in [0.3, 0.4) is 0 Å². The zero-order valence-corrected chi connectivity index (χ0v) is 8.72. The molecule has 2 N–H and O–H groups in total. The third kappa shape index (κ3) is 1.48. The first-order valence-corrected chi connectivity index (χ1v) is 4.83. The molecule has 1 aromatic rings. The van der Waals surface area contributed by atoms with Gasteiger partial charge in [-0.1, -0.05) is 0 Å². The van der Waals surface area contributed by atoms with Gasteiger partial charge in [-0.25, -0.2) is 0 Å². The summed E-state index contributed by atoms with van der Waals surface area (Å²) >= 11 is 0. The van der Waals surface area contributed by atoms with Gasteiger partial charge in [0.05, 0.1) is 23.1 Å². The minimum Gasteiger partial charge on any atom is -0.322 e. The summed E-state index contributed by atoms with van der Waals surface area (Å²) in [6.45, 7) is 3.65. The lowest BCUT2D eigenvalue weighted by Crippen LogP contribution is -2.23. The molecule has 1 saturated carbocycles. The molecule has 2 rings (SSSR count). The summed E-state index contributed by atoms with van der Waals surface area (Å²) in [5.41, 5.74) is 1.47. The fourth-order valence-electron chi connectivity index (χ4n) is 1.48. The normalized spacial score (nSPS) is 16.9. The second-order valence-electron chi connectivity index (χ2n) is 3.96. The smallest absolute Gasteiger partial charge is 0.244 e. The van der Waals surface area contributed by atoms with E-state index in [1.165, 1.54) is 0 Å². The number of aryl methyl sites for hydroxylation is 2. The predicted molar refractivity (Wildman–Crippen MR) is 54.0 cm³/mol. The van der Waals surface area contributed by atoms with Gasteiger partial charge in [-0.05, 0) is 26.7 Å². The number of anilines is 1. The number of nitrogens with zero attached hydrogens (tertiary/aromatic N) is 2. The van der Waals surface area contributed by atoms with Crippen LogP contribution in [-0.4, -0.2) is 16.1 Å². The Bertz CT molecular complexity index is 431. The maximum Gasteiger partial charge on any atom is 0.244 e. The number of hydrogen-bond donors (Lipinski definition) is 2. The summed E-state index contributed by atoms with van der Waals surface area (Å²) in [5, 5.41) is 18.4. The van der Waals surface area contributed by atoms with Crippen molar-refractivity contribution < 1.29 is 4.79 Å². The van der Waals surface area contributed by atoms with Crippen molar-refractivity contribution >= 4 is 11.6 Å². The number of aromatic nitrogens is 2. The molecule has 1 heterocycles. The number of amides is 1. The highest BCUT2D eigenvalue weighted by atomic mass is 16.2. The summed E-state index contributed by atoms with van der Waals surface area (Å²) in [5.74, 6) is -0.211. The molecule has 0 radical (unpaired) electrons. The van der Waals surface area contributed by atoms with Gasteiger partial charge >= 0.3 is 0 Å². The molecule has 1 aromatic heterocycles. The lowest BCUT2D eigenvalue weighted by molar-refractivity contribution is -0.119. The van der Waals surface area contributed by atoms with E-state index in [2.05, 4.69) is 21.6 Å². The quantitative estimate of drug-likeness (QED) is 0.761. The number of rotatable bonds is 2. The number of carbonyl (C=O) groups is 1. The molecule has 5 nitrogen and oxygen atoms in total. The van der Waals surface area contributed by atoms with Gasteiger partial charge in [0.2, 0.25) is 5.91 Å². The van der Waals surface area contributed by atoms with Gasteiger partial charge in [-0.15, -0.1) is 0 Å². The molecule has 1 aliphatic rings. The van der Waals surface area contributed by atoms with Crippen LogP contribution in [0.15, 0.2) is 0 Å². The van der Waals surface area contributed by atoms with E-state index in [1.54, 1.807) is 0 Å². The van der Waals surface area contributed by atoms with Crippen molar-refractivity contribution in [3.63, 3.8) is 0 Å². The molecular weight excluding hydrogens is 192 g/mol. The Balaban J connectivity index is 2.17. The Morgan fingerprint density at radius 1 is 1.60 bits per heavy atom. The molecular formula is C10H12N4O. The second-order valence-corrected chi connectivity index (χ2v) is 3.96. The average molecular weight is 204 g/mol. The zero-order chi connectivity index (χ0) is 11.1. The van der Waals surface area contributed by atoms with E-state index in [-0.39, 0.29) is 5.91 Å². The van der Waals surface area contributed by atoms with Crippen LogP contribution in [0.4, 0.5) is 5.69 Å². The van der Waals surface area contributed by atoms with Crippen LogP contribution >= 0.6 is 0 Å².